The van der Waals surface area contributed by atoms with E-state index in [1.807, 2.05) is 36.4 Å². The predicted octanol–water partition coefficient (Wildman–Crippen LogP) is 2.34. The van der Waals surface area contributed by atoms with Gasteiger partial charge in [-0.15, -0.1) is 0 Å². The molecular weight excluding hydrogens is 224 g/mol. The molecule has 2 aromatic rings. The van der Waals surface area contributed by atoms with E-state index in [9.17, 15) is 0 Å². The molecule has 0 amide bonds. The third-order valence-electron chi connectivity index (χ3n) is 2.61. The van der Waals surface area contributed by atoms with Gasteiger partial charge in [0.1, 0.15) is 0 Å². The molecule has 0 atom stereocenters. The summed E-state index contributed by atoms with van der Waals surface area (Å²) in [5.41, 5.74) is 9.21. The molecule has 0 aliphatic carbocycles. The lowest BCUT2D eigenvalue weighted by molar-refractivity contribution is 1.04. The molecule has 0 bridgehead atoms. The molecule has 3 N–H and O–H groups in total. The lowest BCUT2D eigenvalue weighted by atomic mass is 10.1. The Hall–Kier alpha value is -2.54. The van der Waals surface area contributed by atoms with Crippen LogP contribution < -0.4 is 11.1 Å². The maximum absolute atomic E-state index is 8.71. The van der Waals surface area contributed by atoms with Crippen LogP contribution in [0.1, 0.15) is 11.3 Å². The summed E-state index contributed by atoms with van der Waals surface area (Å²) in [5.74, 6) is 0. The monoisotopic (exact) mass is 238 g/mol. The van der Waals surface area contributed by atoms with E-state index >= 15 is 0 Å². The Morgan fingerprint density at radius 3 is 2.89 bits per heavy atom. The molecule has 1 aromatic carbocycles. The van der Waals surface area contributed by atoms with Crippen molar-refractivity contribution >= 4 is 11.4 Å². The Bertz CT molecular complexity index is 558. The number of rotatable bonds is 4. The van der Waals surface area contributed by atoms with E-state index in [0.29, 0.717) is 18.7 Å². The number of pyridine rings is 1. The van der Waals surface area contributed by atoms with Crippen LogP contribution in [0.4, 0.5) is 11.4 Å². The highest BCUT2D eigenvalue weighted by Crippen LogP contribution is 2.18. The number of nitrogens with one attached hydrogen (secondary N) is 1. The summed E-state index contributed by atoms with van der Waals surface area (Å²) < 4.78 is 0. The van der Waals surface area contributed by atoms with Gasteiger partial charge in [-0.3, -0.25) is 4.98 Å². The lowest BCUT2D eigenvalue weighted by Crippen LogP contribution is -2.02. The first kappa shape index (κ1) is 11.9. The second-order valence-corrected chi connectivity index (χ2v) is 3.92. The van der Waals surface area contributed by atoms with Crippen LogP contribution in [0, 0.1) is 11.3 Å². The Kier molecular flexibility index (Phi) is 3.77. The minimum atomic E-state index is 0.324. The molecule has 0 unspecified atom stereocenters. The zero-order valence-electron chi connectivity index (χ0n) is 9.93. The summed E-state index contributed by atoms with van der Waals surface area (Å²) in [6.07, 6.45) is 2.09. The molecule has 0 radical (unpaired) electrons. The van der Waals surface area contributed by atoms with E-state index in [0.717, 1.165) is 16.9 Å². The molecule has 0 aliphatic heterocycles. The summed E-state index contributed by atoms with van der Waals surface area (Å²) in [4.78, 5) is 4.23. The van der Waals surface area contributed by atoms with Gasteiger partial charge in [-0.25, -0.2) is 0 Å². The number of benzene rings is 1. The van der Waals surface area contributed by atoms with Gasteiger partial charge in [-0.05, 0) is 35.9 Å². The van der Waals surface area contributed by atoms with Crippen molar-refractivity contribution in [3.8, 4) is 6.07 Å². The van der Waals surface area contributed by atoms with E-state index in [2.05, 4.69) is 16.4 Å². The highest BCUT2D eigenvalue weighted by Gasteiger charge is 2.01. The van der Waals surface area contributed by atoms with Crippen molar-refractivity contribution in [3.05, 3.63) is 53.9 Å². The third-order valence-corrected chi connectivity index (χ3v) is 2.61. The van der Waals surface area contributed by atoms with Crippen molar-refractivity contribution in [1.29, 1.82) is 5.26 Å². The van der Waals surface area contributed by atoms with Crippen molar-refractivity contribution < 1.29 is 0 Å². The van der Waals surface area contributed by atoms with Gasteiger partial charge >= 0.3 is 0 Å². The van der Waals surface area contributed by atoms with Gasteiger partial charge in [0.2, 0.25) is 0 Å². The van der Waals surface area contributed by atoms with Gasteiger partial charge in [0.15, 0.2) is 0 Å². The summed E-state index contributed by atoms with van der Waals surface area (Å²) in [5, 5.41) is 12.0. The molecule has 4 heteroatoms. The largest absolute Gasteiger partial charge is 0.398 e. The number of nitrogens with two attached hydrogens (primary N) is 1. The number of aromatic nitrogens is 1. The van der Waals surface area contributed by atoms with Crippen molar-refractivity contribution in [3.63, 3.8) is 0 Å². The average Bonchev–Trinajstić information content (AvgIpc) is 2.41. The van der Waals surface area contributed by atoms with Crippen molar-refractivity contribution in [1.82, 2.24) is 4.98 Å². The highest BCUT2D eigenvalue weighted by molar-refractivity contribution is 5.58. The van der Waals surface area contributed by atoms with Crippen molar-refractivity contribution in [2.24, 2.45) is 0 Å². The molecule has 18 heavy (non-hydrogen) atoms. The quantitative estimate of drug-likeness (QED) is 0.802. The first-order valence-corrected chi connectivity index (χ1v) is 5.69. The Morgan fingerprint density at radius 2 is 2.17 bits per heavy atom. The molecule has 0 saturated heterocycles. The number of nitrogen functional groups attached to an aromatic ring is 1. The SMILES string of the molecule is N#CCc1cc(NCc2ccccn2)ccc1N. The number of hydrogen-bond donors (Lipinski definition) is 2. The molecule has 0 fully saturated rings. The second kappa shape index (κ2) is 5.69. The fourth-order valence-corrected chi connectivity index (χ4v) is 1.65. The van der Waals surface area contributed by atoms with Crippen LogP contribution in [0.15, 0.2) is 42.6 Å². The number of anilines is 2. The average molecular weight is 238 g/mol. The summed E-state index contributed by atoms with van der Waals surface area (Å²) in [6.45, 7) is 0.650. The Balaban J connectivity index is 2.06. The van der Waals surface area contributed by atoms with Gasteiger partial charge < -0.3 is 11.1 Å². The van der Waals surface area contributed by atoms with Crippen LogP contribution in [0.3, 0.4) is 0 Å². The lowest BCUT2D eigenvalue weighted by Gasteiger charge is -2.08. The van der Waals surface area contributed by atoms with Crippen LogP contribution in [0.2, 0.25) is 0 Å². The predicted molar refractivity (Wildman–Crippen MR) is 71.7 cm³/mol. The van der Waals surface area contributed by atoms with E-state index in [4.69, 9.17) is 11.0 Å². The molecule has 4 nitrogen and oxygen atoms in total. The zero-order chi connectivity index (χ0) is 12.8. The van der Waals surface area contributed by atoms with E-state index in [-0.39, 0.29) is 0 Å². The third kappa shape index (κ3) is 2.98. The normalized spacial score (nSPS) is 9.72. The number of hydrogen-bond acceptors (Lipinski definition) is 4. The van der Waals surface area contributed by atoms with Gasteiger partial charge in [-0.1, -0.05) is 6.07 Å². The maximum atomic E-state index is 8.71. The fraction of sp³-hybridized carbons (Fsp3) is 0.143. The number of nitriles is 1. The van der Waals surface area contributed by atoms with Gasteiger partial charge in [0, 0.05) is 17.6 Å². The van der Waals surface area contributed by atoms with Crippen LogP contribution >= 0.6 is 0 Å². The molecular formula is C14H14N4. The van der Waals surface area contributed by atoms with Gasteiger partial charge in [0.05, 0.1) is 24.7 Å². The van der Waals surface area contributed by atoms with Crippen molar-refractivity contribution in [2.45, 2.75) is 13.0 Å². The molecule has 90 valence electrons. The standard InChI is InChI=1S/C14H14N4/c15-7-6-11-9-12(4-5-14(11)16)18-10-13-3-1-2-8-17-13/h1-5,8-9,18H,6,10,16H2. The first-order chi connectivity index (χ1) is 8.79. The van der Waals surface area contributed by atoms with Gasteiger partial charge in [0.25, 0.3) is 0 Å². The fourth-order valence-electron chi connectivity index (χ4n) is 1.65. The zero-order valence-corrected chi connectivity index (χ0v) is 9.93. The number of nitrogens with zero attached hydrogens (tertiary/aromatic N) is 2. The van der Waals surface area contributed by atoms with E-state index < -0.39 is 0 Å². The van der Waals surface area contributed by atoms with Crippen LogP contribution in [-0.4, -0.2) is 4.98 Å². The smallest absolute Gasteiger partial charge is 0.0670 e. The molecule has 1 aromatic heterocycles. The van der Waals surface area contributed by atoms with Crippen LogP contribution in [0.25, 0.3) is 0 Å². The molecule has 2 rings (SSSR count). The maximum Gasteiger partial charge on any atom is 0.0670 e. The topological polar surface area (TPSA) is 74.7 Å². The Labute approximate surface area is 106 Å². The Morgan fingerprint density at radius 1 is 1.28 bits per heavy atom. The molecule has 0 saturated carbocycles. The summed E-state index contributed by atoms with van der Waals surface area (Å²) in [6, 6.07) is 13.5. The van der Waals surface area contributed by atoms with Gasteiger partial charge in [-0.2, -0.15) is 5.26 Å². The summed E-state index contributed by atoms with van der Waals surface area (Å²) in [7, 11) is 0. The molecule has 0 aliphatic rings. The molecule has 0 spiro atoms. The van der Waals surface area contributed by atoms with Crippen molar-refractivity contribution in [2.75, 3.05) is 11.1 Å². The minimum absolute atomic E-state index is 0.324. The van der Waals surface area contributed by atoms with E-state index in [1.165, 1.54) is 0 Å². The van der Waals surface area contributed by atoms with Crippen LogP contribution in [-0.2, 0) is 13.0 Å². The molecule has 1 heterocycles. The minimum Gasteiger partial charge on any atom is -0.398 e. The van der Waals surface area contributed by atoms with E-state index in [1.54, 1.807) is 6.20 Å². The second-order valence-electron chi connectivity index (χ2n) is 3.92. The van der Waals surface area contributed by atoms with Crippen LogP contribution in [0.5, 0.6) is 0 Å². The first-order valence-electron chi connectivity index (χ1n) is 5.69. The summed E-state index contributed by atoms with van der Waals surface area (Å²) >= 11 is 0. The highest BCUT2D eigenvalue weighted by atomic mass is 14.9.